The van der Waals surface area contributed by atoms with Gasteiger partial charge in [-0.15, -0.1) is 0 Å². The zero-order valence-electron chi connectivity index (χ0n) is 17.4. The van der Waals surface area contributed by atoms with Crippen molar-refractivity contribution in [3.63, 3.8) is 0 Å². The van der Waals surface area contributed by atoms with Gasteiger partial charge < -0.3 is 14.7 Å². The van der Waals surface area contributed by atoms with E-state index < -0.39 is 0 Å². The number of nitrogens with zero attached hydrogens (tertiary/aromatic N) is 4. The number of carbonyl (C=O) groups excluding carboxylic acids is 2. The number of piperazine rings is 1. The molecule has 29 heavy (non-hydrogen) atoms. The second-order valence-electron chi connectivity index (χ2n) is 7.60. The van der Waals surface area contributed by atoms with Gasteiger partial charge in [0.25, 0.3) is 0 Å². The summed E-state index contributed by atoms with van der Waals surface area (Å²) < 4.78 is 4.95. The minimum absolute atomic E-state index is 0.110. The zero-order valence-corrected chi connectivity index (χ0v) is 17.4. The lowest BCUT2D eigenvalue weighted by atomic mass is 10.1. The quantitative estimate of drug-likeness (QED) is 0.760. The third-order valence-electron chi connectivity index (χ3n) is 5.18. The lowest BCUT2D eigenvalue weighted by Crippen LogP contribution is -2.51. The summed E-state index contributed by atoms with van der Waals surface area (Å²) in [6, 6.07) is 9.82. The second kappa shape index (κ2) is 9.67. The molecule has 156 valence electrons. The molecule has 0 radical (unpaired) electrons. The molecule has 1 fully saturated rings. The molecule has 3 rings (SSSR count). The fraction of sp³-hybridized carbons (Fsp3) is 0.476. The van der Waals surface area contributed by atoms with Crippen molar-refractivity contribution in [3.05, 3.63) is 47.2 Å². The molecule has 1 aromatic carbocycles. The zero-order chi connectivity index (χ0) is 20.8. The summed E-state index contributed by atoms with van der Waals surface area (Å²) in [5, 5.41) is 6.51. The van der Waals surface area contributed by atoms with E-state index in [9.17, 15) is 9.59 Å². The van der Waals surface area contributed by atoms with Crippen LogP contribution < -0.4 is 5.32 Å². The standard InChI is InChI=1S/C21H29N5O3/c1-16-6-4-5-7-18(16)13-24(3)21(28)15-26-10-8-25(9-11-26)14-20(27)22-19-12-17(2)29-23-19/h4-7,12H,8-11,13-15H2,1-3H3,(H,22,23,27). The molecule has 0 unspecified atom stereocenters. The van der Waals surface area contributed by atoms with E-state index in [-0.39, 0.29) is 11.8 Å². The highest BCUT2D eigenvalue weighted by molar-refractivity contribution is 5.91. The first kappa shape index (κ1) is 21.0. The van der Waals surface area contributed by atoms with Crippen molar-refractivity contribution >= 4 is 17.6 Å². The Morgan fingerprint density at radius 3 is 2.38 bits per heavy atom. The molecule has 1 aliphatic rings. The van der Waals surface area contributed by atoms with Gasteiger partial charge >= 0.3 is 0 Å². The van der Waals surface area contributed by atoms with Crippen LogP contribution >= 0.6 is 0 Å². The second-order valence-corrected chi connectivity index (χ2v) is 7.60. The number of carbonyl (C=O) groups is 2. The summed E-state index contributed by atoms with van der Waals surface area (Å²) >= 11 is 0. The van der Waals surface area contributed by atoms with E-state index in [0.717, 1.165) is 26.2 Å². The van der Waals surface area contributed by atoms with Crippen LogP contribution in [-0.2, 0) is 16.1 Å². The average Bonchev–Trinajstić information content (AvgIpc) is 3.09. The summed E-state index contributed by atoms with van der Waals surface area (Å²) in [4.78, 5) is 30.7. The minimum Gasteiger partial charge on any atom is -0.360 e. The van der Waals surface area contributed by atoms with Gasteiger partial charge in [-0.3, -0.25) is 19.4 Å². The topological polar surface area (TPSA) is 81.9 Å². The largest absolute Gasteiger partial charge is 0.360 e. The SMILES string of the molecule is Cc1cc(NC(=O)CN2CCN(CC(=O)N(C)Cc3ccccc3C)CC2)no1. The predicted molar refractivity (Wildman–Crippen MR) is 110 cm³/mol. The van der Waals surface area contributed by atoms with Crippen molar-refractivity contribution in [3.8, 4) is 0 Å². The van der Waals surface area contributed by atoms with E-state index in [0.29, 0.717) is 31.2 Å². The predicted octanol–water partition coefficient (Wildman–Crippen LogP) is 1.51. The fourth-order valence-electron chi connectivity index (χ4n) is 3.36. The smallest absolute Gasteiger partial charge is 0.239 e. The number of rotatable bonds is 7. The van der Waals surface area contributed by atoms with Crippen LogP contribution in [0, 0.1) is 13.8 Å². The molecular formula is C21H29N5O3. The number of anilines is 1. The molecule has 1 N–H and O–H groups in total. The molecule has 0 bridgehead atoms. The molecule has 0 saturated carbocycles. The molecule has 0 spiro atoms. The van der Waals surface area contributed by atoms with Gasteiger partial charge in [-0.1, -0.05) is 29.4 Å². The third-order valence-corrected chi connectivity index (χ3v) is 5.18. The molecule has 1 saturated heterocycles. The van der Waals surface area contributed by atoms with E-state index >= 15 is 0 Å². The van der Waals surface area contributed by atoms with Crippen molar-refractivity contribution in [2.45, 2.75) is 20.4 Å². The van der Waals surface area contributed by atoms with Crippen LogP contribution in [0.3, 0.4) is 0 Å². The Morgan fingerprint density at radius 1 is 1.10 bits per heavy atom. The number of aryl methyl sites for hydroxylation is 2. The summed E-state index contributed by atoms with van der Waals surface area (Å²) in [6.45, 7) is 8.20. The molecule has 2 heterocycles. The first-order chi connectivity index (χ1) is 13.9. The van der Waals surface area contributed by atoms with E-state index in [4.69, 9.17) is 4.52 Å². The Hall–Kier alpha value is -2.71. The summed E-state index contributed by atoms with van der Waals surface area (Å²) in [5.41, 5.74) is 2.36. The van der Waals surface area contributed by atoms with Crippen molar-refractivity contribution in [2.75, 3.05) is 51.6 Å². The molecule has 2 amide bonds. The van der Waals surface area contributed by atoms with E-state index in [1.807, 2.05) is 19.2 Å². The first-order valence-corrected chi connectivity index (χ1v) is 9.87. The maximum atomic E-state index is 12.6. The lowest BCUT2D eigenvalue weighted by Gasteiger charge is -2.34. The Kier molecular flexibility index (Phi) is 7.00. The van der Waals surface area contributed by atoms with E-state index in [1.54, 1.807) is 17.9 Å². The number of amides is 2. The van der Waals surface area contributed by atoms with Crippen LogP contribution in [0.25, 0.3) is 0 Å². The molecular weight excluding hydrogens is 370 g/mol. The van der Waals surface area contributed by atoms with Gasteiger partial charge in [0, 0.05) is 45.8 Å². The minimum atomic E-state index is -0.110. The van der Waals surface area contributed by atoms with Gasteiger partial charge in [0.15, 0.2) is 5.82 Å². The first-order valence-electron chi connectivity index (χ1n) is 9.87. The molecule has 8 nitrogen and oxygen atoms in total. The van der Waals surface area contributed by atoms with Crippen LogP contribution in [0.1, 0.15) is 16.9 Å². The van der Waals surface area contributed by atoms with Crippen LogP contribution in [0.15, 0.2) is 34.9 Å². The van der Waals surface area contributed by atoms with E-state index in [2.05, 4.69) is 39.3 Å². The number of benzene rings is 1. The number of likely N-dealkylation sites (N-methyl/N-ethyl adjacent to an activating group) is 1. The van der Waals surface area contributed by atoms with E-state index in [1.165, 1.54) is 11.1 Å². The maximum absolute atomic E-state index is 12.6. The monoisotopic (exact) mass is 399 g/mol. The number of aromatic nitrogens is 1. The normalized spacial score (nSPS) is 15.3. The van der Waals surface area contributed by atoms with Crippen molar-refractivity contribution < 1.29 is 14.1 Å². The fourth-order valence-corrected chi connectivity index (χ4v) is 3.36. The Morgan fingerprint density at radius 2 is 1.76 bits per heavy atom. The highest BCUT2D eigenvalue weighted by Gasteiger charge is 2.22. The van der Waals surface area contributed by atoms with Gasteiger partial charge in [-0.05, 0) is 25.0 Å². The lowest BCUT2D eigenvalue weighted by molar-refractivity contribution is -0.132. The Balaban J connectivity index is 1.39. The molecule has 0 atom stereocenters. The van der Waals surface area contributed by atoms with Crippen LogP contribution in [-0.4, -0.2) is 78.0 Å². The Bertz CT molecular complexity index is 842. The molecule has 2 aromatic rings. The highest BCUT2D eigenvalue weighted by atomic mass is 16.5. The van der Waals surface area contributed by atoms with Crippen molar-refractivity contribution in [2.24, 2.45) is 0 Å². The van der Waals surface area contributed by atoms with Crippen LogP contribution in [0.5, 0.6) is 0 Å². The molecule has 8 heteroatoms. The van der Waals surface area contributed by atoms with Gasteiger partial charge in [0.05, 0.1) is 13.1 Å². The van der Waals surface area contributed by atoms with Crippen LogP contribution in [0.4, 0.5) is 5.82 Å². The van der Waals surface area contributed by atoms with Gasteiger partial charge in [-0.2, -0.15) is 0 Å². The number of hydrogen-bond donors (Lipinski definition) is 1. The Labute approximate surface area is 171 Å². The summed E-state index contributed by atoms with van der Waals surface area (Å²) in [6.07, 6.45) is 0. The summed E-state index contributed by atoms with van der Waals surface area (Å²) in [5.74, 6) is 1.10. The van der Waals surface area contributed by atoms with Crippen molar-refractivity contribution in [1.82, 2.24) is 19.9 Å². The van der Waals surface area contributed by atoms with Crippen LogP contribution in [0.2, 0.25) is 0 Å². The van der Waals surface area contributed by atoms with Gasteiger partial charge in [0.2, 0.25) is 11.8 Å². The average molecular weight is 399 g/mol. The molecule has 0 aliphatic carbocycles. The molecule has 1 aliphatic heterocycles. The van der Waals surface area contributed by atoms with Gasteiger partial charge in [0.1, 0.15) is 5.76 Å². The maximum Gasteiger partial charge on any atom is 0.239 e. The molecule has 1 aromatic heterocycles. The number of nitrogens with one attached hydrogen (secondary N) is 1. The third kappa shape index (κ3) is 6.13. The number of hydrogen-bond acceptors (Lipinski definition) is 6. The van der Waals surface area contributed by atoms with Crippen molar-refractivity contribution in [1.29, 1.82) is 0 Å². The highest BCUT2D eigenvalue weighted by Crippen LogP contribution is 2.11. The summed E-state index contributed by atoms with van der Waals surface area (Å²) in [7, 11) is 1.85. The van der Waals surface area contributed by atoms with Gasteiger partial charge in [-0.25, -0.2) is 0 Å².